The third-order valence-electron chi connectivity index (χ3n) is 3.97. The molecule has 110 valence electrons. The first kappa shape index (κ1) is 15.0. The third kappa shape index (κ3) is 4.32. The molecule has 1 aliphatic carbocycles. The van der Waals surface area contributed by atoms with E-state index in [0.717, 1.165) is 12.8 Å². The van der Waals surface area contributed by atoms with Crippen LogP contribution in [0.25, 0.3) is 0 Å². The van der Waals surface area contributed by atoms with Gasteiger partial charge in [0.15, 0.2) is 0 Å². The first-order valence-electron chi connectivity index (χ1n) is 7.31. The average molecular weight is 277 g/mol. The number of amides is 1. The summed E-state index contributed by atoms with van der Waals surface area (Å²) >= 11 is 0. The Hall–Kier alpha value is -1.39. The van der Waals surface area contributed by atoms with Crippen molar-refractivity contribution in [3.8, 4) is 0 Å². The monoisotopic (exact) mass is 277 g/mol. The van der Waals surface area contributed by atoms with E-state index in [2.05, 4.69) is 17.4 Å². The van der Waals surface area contributed by atoms with Crippen LogP contribution in [0.3, 0.4) is 0 Å². The maximum absolute atomic E-state index is 11.8. The van der Waals surface area contributed by atoms with Gasteiger partial charge in [0.2, 0.25) is 5.91 Å². The zero-order valence-corrected chi connectivity index (χ0v) is 11.7. The zero-order valence-electron chi connectivity index (χ0n) is 11.7. The Balaban J connectivity index is 1.66. The molecular formula is C16H23NO3. The first-order chi connectivity index (χ1) is 9.69. The molecule has 1 fully saturated rings. The molecule has 0 radical (unpaired) electrons. The number of hydrogen-bond donors (Lipinski definition) is 3. The second-order valence-corrected chi connectivity index (χ2v) is 5.58. The fourth-order valence-corrected chi connectivity index (χ4v) is 2.81. The normalized spacial score (nSPS) is 25.6. The lowest BCUT2D eigenvalue weighted by molar-refractivity contribution is -0.121. The number of rotatable bonds is 6. The van der Waals surface area contributed by atoms with E-state index in [1.165, 1.54) is 5.56 Å². The Morgan fingerprint density at radius 3 is 2.65 bits per heavy atom. The SMILES string of the molecule is O=C(CCCc1ccccc1)N[C@H]1C[C@H](CO)[C@H](O)C1. The third-order valence-corrected chi connectivity index (χ3v) is 3.97. The number of aliphatic hydroxyl groups is 2. The van der Waals surface area contributed by atoms with Gasteiger partial charge >= 0.3 is 0 Å². The molecule has 0 saturated heterocycles. The molecule has 3 atom stereocenters. The summed E-state index contributed by atoms with van der Waals surface area (Å²) in [7, 11) is 0. The van der Waals surface area contributed by atoms with E-state index in [9.17, 15) is 9.90 Å². The molecule has 20 heavy (non-hydrogen) atoms. The van der Waals surface area contributed by atoms with Crippen LogP contribution in [0.15, 0.2) is 30.3 Å². The van der Waals surface area contributed by atoms with Gasteiger partial charge in [-0.05, 0) is 31.2 Å². The highest BCUT2D eigenvalue weighted by molar-refractivity contribution is 5.76. The van der Waals surface area contributed by atoms with Crippen LogP contribution in [0.4, 0.5) is 0 Å². The molecule has 3 N–H and O–H groups in total. The van der Waals surface area contributed by atoms with Gasteiger partial charge in [0.1, 0.15) is 0 Å². The van der Waals surface area contributed by atoms with Crippen molar-refractivity contribution < 1.29 is 15.0 Å². The van der Waals surface area contributed by atoms with Crippen molar-refractivity contribution in [1.29, 1.82) is 0 Å². The van der Waals surface area contributed by atoms with E-state index >= 15 is 0 Å². The van der Waals surface area contributed by atoms with E-state index in [1.54, 1.807) is 0 Å². The smallest absolute Gasteiger partial charge is 0.220 e. The predicted octanol–water partition coefficient (Wildman–Crippen LogP) is 1.26. The molecule has 4 heteroatoms. The topological polar surface area (TPSA) is 69.6 Å². The van der Waals surface area contributed by atoms with Crippen LogP contribution >= 0.6 is 0 Å². The Kier molecular flexibility index (Phi) is 5.56. The zero-order chi connectivity index (χ0) is 14.4. The molecule has 1 aliphatic rings. The highest BCUT2D eigenvalue weighted by Crippen LogP contribution is 2.25. The largest absolute Gasteiger partial charge is 0.396 e. The van der Waals surface area contributed by atoms with Crippen LogP contribution < -0.4 is 5.32 Å². The summed E-state index contributed by atoms with van der Waals surface area (Å²) < 4.78 is 0. The second-order valence-electron chi connectivity index (χ2n) is 5.58. The Bertz CT molecular complexity index is 421. The van der Waals surface area contributed by atoms with Gasteiger partial charge in [0.05, 0.1) is 6.10 Å². The molecule has 1 aromatic rings. The minimum atomic E-state index is -0.491. The Labute approximate surface area is 119 Å². The van der Waals surface area contributed by atoms with Crippen LogP contribution in [0.5, 0.6) is 0 Å². The fourth-order valence-electron chi connectivity index (χ4n) is 2.81. The number of carbonyl (C=O) groups excluding carboxylic acids is 1. The van der Waals surface area contributed by atoms with Crippen molar-refractivity contribution in [3.05, 3.63) is 35.9 Å². The molecule has 1 aromatic carbocycles. The molecule has 0 aromatic heterocycles. The summed E-state index contributed by atoms with van der Waals surface area (Å²) in [5, 5.41) is 21.7. The van der Waals surface area contributed by atoms with Gasteiger partial charge in [0, 0.05) is 25.0 Å². The summed E-state index contributed by atoms with van der Waals surface area (Å²) in [6.07, 6.45) is 2.97. The average Bonchev–Trinajstić information content (AvgIpc) is 2.80. The van der Waals surface area contributed by atoms with Gasteiger partial charge < -0.3 is 15.5 Å². The molecule has 0 heterocycles. The summed E-state index contributed by atoms with van der Waals surface area (Å²) in [4.78, 5) is 11.8. The van der Waals surface area contributed by atoms with Crippen molar-refractivity contribution in [2.24, 2.45) is 5.92 Å². The summed E-state index contributed by atoms with van der Waals surface area (Å²) in [6, 6.07) is 10.1. The highest BCUT2D eigenvalue weighted by atomic mass is 16.3. The van der Waals surface area contributed by atoms with Crippen molar-refractivity contribution in [2.75, 3.05) is 6.61 Å². The Morgan fingerprint density at radius 1 is 1.25 bits per heavy atom. The van der Waals surface area contributed by atoms with Crippen LogP contribution in [0.2, 0.25) is 0 Å². The number of aliphatic hydroxyl groups excluding tert-OH is 2. The number of hydrogen-bond acceptors (Lipinski definition) is 3. The lowest BCUT2D eigenvalue weighted by Gasteiger charge is -2.12. The van der Waals surface area contributed by atoms with E-state index in [0.29, 0.717) is 19.3 Å². The molecule has 2 rings (SSSR count). The van der Waals surface area contributed by atoms with Crippen molar-refractivity contribution in [3.63, 3.8) is 0 Å². The molecule has 4 nitrogen and oxygen atoms in total. The van der Waals surface area contributed by atoms with Gasteiger partial charge in [-0.25, -0.2) is 0 Å². The molecular weight excluding hydrogens is 254 g/mol. The van der Waals surface area contributed by atoms with Crippen LogP contribution in [0, 0.1) is 5.92 Å². The van der Waals surface area contributed by atoms with Gasteiger partial charge in [-0.2, -0.15) is 0 Å². The summed E-state index contributed by atoms with van der Waals surface area (Å²) in [5.41, 5.74) is 1.25. The maximum atomic E-state index is 11.8. The molecule has 0 bridgehead atoms. The van der Waals surface area contributed by atoms with Crippen molar-refractivity contribution >= 4 is 5.91 Å². The minimum Gasteiger partial charge on any atom is -0.396 e. The van der Waals surface area contributed by atoms with Gasteiger partial charge in [-0.3, -0.25) is 4.79 Å². The van der Waals surface area contributed by atoms with Gasteiger partial charge in [0.25, 0.3) is 0 Å². The minimum absolute atomic E-state index is 0.00590. The van der Waals surface area contributed by atoms with E-state index in [1.807, 2.05) is 18.2 Å². The van der Waals surface area contributed by atoms with Crippen LogP contribution in [0.1, 0.15) is 31.2 Å². The van der Waals surface area contributed by atoms with Crippen molar-refractivity contribution in [2.45, 2.75) is 44.2 Å². The lowest BCUT2D eigenvalue weighted by atomic mass is 10.1. The summed E-state index contributed by atoms with van der Waals surface area (Å²) in [6.45, 7) is -0.0124. The number of carbonyl (C=O) groups is 1. The number of aryl methyl sites for hydroxylation is 1. The lowest BCUT2D eigenvalue weighted by Crippen LogP contribution is -2.33. The quantitative estimate of drug-likeness (QED) is 0.733. The van der Waals surface area contributed by atoms with Crippen LogP contribution in [-0.4, -0.2) is 34.9 Å². The Morgan fingerprint density at radius 2 is 2.00 bits per heavy atom. The fraction of sp³-hybridized carbons (Fsp3) is 0.562. The van der Waals surface area contributed by atoms with E-state index in [-0.39, 0.29) is 24.5 Å². The molecule has 1 amide bonds. The summed E-state index contributed by atoms with van der Waals surface area (Å²) in [5.74, 6) is -0.0543. The predicted molar refractivity (Wildman–Crippen MR) is 77.1 cm³/mol. The molecule has 0 spiro atoms. The van der Waals surface area contributed by atoms with Crippen molar-refractivity contribution in [1.82, 2.24) is 5.32 Å². The molecule has 0 unspecified atom stereocenters. The molecule has 1 saturated carbocycles. The van der Waals surface area contributed by atoms with E-state index < -0.39 is 6.10 Å². The molecule has 0 aliphatic heterocycles. The standard InChI is InChI=1S/C16H23NO3/c18-11-13-9-14(10-15(13)19)17-16(20)8-4-7-12-5-2-1-3-6-12/h1-3,5-6,13-15,18-19H,4,7-11H2,(H,17,20)/t13-,14+,15-/m1/s1. The second kappa shape index (κ2) is 7.41. The number of benzene rings is 1. The van der Waals surface area contributed by atoms with Gasteiger partial charge in [-0.1, -0.05) is 30.3 Å². The van der Waals surface area contributed by atoms with Gasteiger partial charge in [-0.15, -0.1) is 0 Å². The first-order valence-corrected chi connectivity index (χ1v) is 7.31. The highest BCUT2D eigenvalue weighted by Gasteiger charge is 2.32. The van der Waals surface area contributed by atoms with E-state index in [4.69, 9.17) is 5.11 Å². The van der Waals surface area contributed by atoms with Crippen LogP contribution in [-0.2, 0) is 11.2 Å². The number of nitrogens with one attached hydrogen (secondary N) is 1. The maximum Gasteiger partial charge on any atom is 0.220 e.